The highest BCUT2D eigenvalue weighted by Crippen LogP contribution is 2.72. The van der Waals surface area contributed by atoms with Gasteiger partial charge in [0.2, 0.25) is 0 Å². The first-order valence-electron chi connectivity index (χ1n) is 9.69. The van der Waals surface area contributed by atoms with Gasteiger partial charge < -0.3 is 15.3 Å². The highest BCUT2D eigenvalue weighted by molar-refractivity contribution is 5.17. The van der Waals surface area contributed by atoms with E-state index in [2.05, 4.69) is 20.8 Å². The maximum Gasteiger partial charge on any atom is 0.0910 e. The Labute approximate surface area is 140 Å². The number of hydrogen-bond donors (Lipinski definition) is 3. The van der Waals surface area contributed by atoms with Gasteiger partial charge in [0.05, 0.1) is 18.3 Å². The van der Waals surface area contributed by atoms with E-state index in [0.29, 0.717) is 17.8 Å². The third-order valence-electron chi connectivity index (χ3n) is 9.12. The van der Waals surface area contributed by atoms with Gasteiger partial charge in [-0.2, -0.15) is 0 Å². The van der Waals surface area contributed by atoms with E-state index in [9.17, 15) is 15.3 Å². The zero-order chi connectivity index (χ0) is 16.7. The molecule has 4 aliphatic rings. The molecule has 4 fully saturated rings. The molecular weight excluding hydrogens is 288 g/mol. The second-order valence-corrected chi connectivity index (χ2v) is 10.3. The van der Waals surface area contributed by atoms with E-state index in [1.807, 2.05) is 0 Å². The second-order valence-electron chi connectivity index (χ2n) is 10.3. The number of aliphatic hydroxyl groups is 3. The number of rotatable bonds is 1. The minimum Gasteiger partial charge on any atom is -0.393 e. The molecule has 0 radical (unpaired) electrons. The van der Waals surface area contributed by atoms with Crippen LogP contribution in [0.1, 0.15) is 72.1 Å². The quantitative estimate of drug-likeness (QED) is 0.695. The first-order valence-corrected chi connectivity index (χ1v) is 9.69. The summed E-state index contributed by atoms with van der Waals surface area (Å²) in [6, 6.07) is 0. The molecule has 3 heteroatoms. The van der Waals surface area contributed by atoms with E-state index < -0.39 is 5.60 Å². The lowest BCUT2D eigenvalue weighted by atomic mass is 9.41. The van der Waals surface area contributed by atoms with Gasteiger partial charge in [-0.1, -0.05) is 20.8 Å². The Morgan fingerprint density at radius 2 is 1.70 bits per heavy atom. The molecule has 3 nitrogen and oxygen atoms in total. The van der Waals surface area contributed by atoms with Crippen LogP contribution in [0, 0.1) is 34.0 Å². The molecule has 0 saturated heterocycles. The molecule has 2 unspecified atom stereocenters. The average molecular weight is 322 g/mol. The molecule has 4 aliphatic carbocycles. The van der Waals surface area contributed by atoms with Crippen LogP contribution in [0.4, 0.5) is 0 Å². The Hall–Kier alpha value is -0.120. The van der Waals surface area contributed by atoms with Crippen molar-refractivity contribution < 1.29 is 15.3 Å². The van der Waals surface area contributed by atoms with Gasteiger partial charge in [-0.05, 0) is 85.4 Å². The molecule has 0 aliphatic heterocycles. The predicted octanol–water partition coefficient (Wildman–Crippen LogP) is 3.11. The van der Waals surface area contributed by atoms with Crippen LogP contribution in [0.25, 0.3) is 0 Å². The van der Waals surface area contributed by atoms with Gasteiger partial charge in [0, 0.05) is 0 Å². The Kier molecular flexibility index (Phi) is 3.37. The third-order valence-corrected chi connectivity index (χ3v) is 9.12. The molecule has 0 aromatic rings. The van der Waals surface area contributed by atoms with E-state index in [1.165, 1.54) is 19.3 Å². The van der Waals surface area contributed by atoms with Gasteiger partial charge in [-0.15, -0.1) is 0 Å². The summed E-state index contributed by atoms with van der Waals surface area (Å²) in [7, 11) is 0. The highest BCUT2D eigenvalue weighted by Gasteiger charge is 2.67. The van der Waals surface area contributed by atoms with Crippen molar-refractivity contribution in [2.45, 2.75) is 83.8 Å². The molecule has 0 aromatic carbocycles. The summed E-state index contributed by atoms with van der Waals surface area (Å²) in [6.45, 7) is 6.94. The molecule has 0 aromatic heterocycles. The maximum atomic E-state index is 10.9. The van der Waals surface area contributed by atoms with E-state index in [0.717, 1.165) is 32.1 Å². The molecule has 0 amide bonds. The Morgan fingerprint density at radius 3 is 2.39 bits per heavy atom. The molecule has 7 atom stereocenters. The van der Waals surface area contributed by atoms with Crippen molar-refractivity contribution in [3.8, 4) is 0 Å². The standard InChI is InChI=1S/C20H34O3/c1-17(2)14-6-9-19-10-13(20(23,11-19)12-21)4-5-15(19)18(14,3)8-7-16(17)22/h13-16,21-23H,4-12H2,1-3H3/t13-,14+,15?,16+,18+,19?,20-/m0/s1. The fourth-order valence-electron chi connectivity index (χ4n) is 8.02. The first-order chi connectivity index (χ1) is 10.7. The van der Waals surface area contributed by atoms with Crippen LogP contribution < -0.4 is 0 Å². The molecule has 132 valence electrons. The van der Waals surface area contributed by atoms with Gasteiger partial charge >= 0.3 is 0 Å². The van der Waals surface area contributed by atoms with Crippen LogP contribution in [0.15, 0.2) is 0 Å². The zero-order valence-corrected chi connectivity index (χ0v) is 15.0. The van der Waals surface area contributed by atoms with Crippen molar-refractivity contribution in [2.75, 3.05) is 6.61 Å². The lowest BCUT2D eigenvalue weighted by Crippen LogP contribution is -2.59. The first kappa shape index (κ1) is 16.4. The minimum atomic E-state index is -0.832. The van der Waals surface area contributed by atoms with Gasteiger partial charge in [0.1, 0.15) is 0 Å². The molecule has 23 heavy (non-hydrogen) atoms. The predicted molar refractivity (Wildman–Crippen MR) is 89.8 cm³/mol. The van der Waals surface area contributed by atoms with Crippen LogP contribution in [0.5, 0.6) is 0 Å². The summed E-state index contributed by atoms with van der Waals surface area (Å²) in [5, 5.41) is 31.3. The molecule has 4 rings (SSSR count). The molecule has 0 heterocycles. The fraction of sp³-hybridized carbons (Fsp3) is 1.00. The van der Waals surface area contributed by atoms with E-state index in [1.54, 1.807) is 0 Å². The van der Waals surface area contributed by atoms with Crippen molar-refractivity contribution >= 4 is 0 Å². The summed E-state index contributed by atoms with van der Waals surface area (Å²) in [6.07, 6.45) is 8.39. The van der Waals surface area contributed by atoms with E-state index in [-0.39, 0.29) is 29.0 Å². The van der Waals surface area contributed by atoms with Crippen LogP contribution >= 0.6 is 0 Å². The summed E-state index contributed by atoms with van der Waals surface area (Å²) >= 11 is 0. The summed E-state index contributed by atoms with van der Waals surface area (Å²) in [5.74, 6) is 1.53. The highest BCUT2D eigenvalue weighted by atomic mass is 16.3. The molecule has 2 bridgehead atoms. The topological polar surface area (TPSA) is 60.7 Å². The SMILES string of the molecule is CC1(C)[C@H](O)CC[C@@]2(C)C3CC[C@H]4CC3(CC[C@H]12)C[C@]4(O)CO. The normalized spacial score (nSPS) is 57.7. The summed E-state index contributed by atoms with van der Waals surface area (Å²) < 4.78 is 0. The average Bonchev–Trinajstić information content (AvgIpc) is 2.70. The number of fused-ring (bicyclic) bond motifs is 3. The van der Waals surface area contributed by atoms with Crippen LogP contribution in [0.3, 0.4) is 0 Å². The van der Waals surface area contributed by atoms with Crippen molar-refractivity contribution in [1.82, 2.24) is 0 Å². The largest absolute Gasteiger partial charge is 0.393 e. The van der Waals surface area contributed by atoms with Gasteiger partial charge in [0.15, 0.2) is 0 Å². The lowest BCUT2D eigenvalue weighted by molar-refractivity contribution is -0.180. The van der Waals surface area contributed by atoms with Crippen molar-refractivity contribution in [1.29, 1.82) is 0 Å². The summed E-state index contributed by atoms with van der Waals surface area (Å²) in [4.78, 5) is 0. The monoisotopic (exact) mass is 322 g/mol. The molecular formula is C20H34O3. The van der Waals surface area contributed by atoms with E-state index >= 15 is 0 Å². The summed E-state index contributed by atoms with van der Waals surface area (Å²) in [5.41, 5.74) is -0.310. The van der Waals surface area contributed by atoms with Crippen molar-refractivity contribution in [2.24, 2.45) is 34.0 Å². The third kappa shape index (κ3) is 1.93. The van der Waals surface area contributed by atoms with Crippen LogP contribution in [-0.2, 0) is 0 Å². The fourth-order valence-corrected chi connectivity index (χ4v) is 8.02. The molecule has 1 spiro atoms. The lowest BCUT2D eigenvalue weighted by Gasteiger charge is -2.64. The number of aliphatic hydroxyl groups excluding tert-OH is 2. The van der Waals surface area contributed by atoms with E-state index in [4.69, 9.17) is 0 Å². The smallest absolute Gasteiger partial charge is 0.0910 e. The van der Waals surface area contributed by atoms with Gasteiger partial charge in [0.25, 0.3) is 0 Å². The Morgan fingerprint density at radius 1 is 0.957 bits per heavy atom. The Balaban J connectivity index is 1.72. The molecule has 4 saturated carbocycles. The van der Waals surface area contributed by atoms with Crippen LogP contribution in [0.2, 0.25) is 0 Å². The van der Waals surface area contributed by atoms with Gasteiger partial charge in [-0.25, -0.2) is 0 Å². The maximum absolute atomic E-state index is 10.9. The Bertz CT molecular complexity index is 503. The van der Waals surface area contributed by atoms with Gasteiger partial charge in [-0.3, -0.25) is 0 Å². The minimum absolute atomic E-state index is 0.00263. The molecule has 3 N–H and O–H groups in total. The second kappa shape index (κ2) is 4.74. The van der Waals surface area contributed by atoms with Crippen molar-refractivity contribution in [3.63, 3.8) is 0 Å². The zero-order valence-electron chi connectivity index (χ0n) is 15.0. The number of hydrogen-bond acceptors (Lipinski definition) is 3. The van der Waals surface area contributed by atoms with Crippen molar-refractivity contribution in [3.05, 3.63) is 0 Å². The van der Waals surface area contributed by atoms with Crippen LogP contribution in [-0.4, -0.2) is 33.6 Å².